The van der Waals surface area contributed by atoms with E-state index in [2.05, 4.69) is 50.0 Å². The molecule has 0 spiro atoms. The summed E-state index contributed by atoms with van der Waals surface area (Å²) >= 11 is 4.23. The lowest BCUT2D eigenvalue weighted by atomic mass is 9.94. The Bertz CT molecular complexity index is 1390. The molecule has 0 fully saturated rings. The zero-order valence-electron chi connectivity index (χ0n) is 17.3. The molecule has 0 saturated carbocycles. The van der Waals surface area contributed by atoms with Gasteiger partial charge in [-0.1, -0.05) is 6.07 Å². The third-order valence-electron chi connectivity index (χ3n) is 5.77. The van der Waals surface area contributed by atoms with Crippen LogP contribution in [0.15, 0.2) is 53.7 Å². The first-order valence-corrected chi connectivity index (χ1v) is 10.9. The molecule has 1 amide bonds. The van der Waals surface area contributed by atoms with Gasteiger partial charge in [-0.15, -0.1) is 24.2 Å². The molecule has 0 bridgehead atoms. The fraction of sp³-hybridized carbons (Fsp3) is 0.208. The first-order valence-electron chi connectivity index (χ1n) is 10.4. The Morgan fingerprint density at radius 3 is 2.88 bits per heavy atom. The summed E-state index contributed by atoms with van der Waals surface area (Å²) in [6.07, 6.45) is 10.1. The summed E-state index contributed by atoms with van der Waals surface area (Å²) in [6.45, 7) is 0.544. The fourth-order valence-corrected chi connectivity index (χ4v) is 4.50. The van der Waals surface area contributed by atoms with Crippen LogP contribution in [0, 0.1) is 12.3 Å². The van der Waals surface area contributed by atoms with Crippen LogP contribution in [0.3, 0.4) is 0 Å². The summed E-state index contributed by atoms with van der Waals surface area (Å²) in [6, 6.07) is 15.3. The first-order chi connectivity index (χ1) is 15.6. The number of terminal acetylenes is 1. The largest absolute Gasteiger partial charge is 0.322 e. The predicted molar refractivity (Wildman–Crippen MR) is 124 cm³/mol. The van der Waals surface area contributed by atoms with Crippen molar-refractivity contribution in [1.29, 1.82) is 0 Å². The van der Waals surface area contributed by atoms with Crippen LogP contribution < -0.4 is 9.88 Å². The number of hydrogen-bond donors (Lipinski definition) is 2. The molecule has 0 atom stereocenters. The van der Waals surface area contributed by atoms with Gasteiger partial charge >= 0.3 is 0 Å². The minimum Gasteiger partial charge on any atom is -0.322 e. The Morgan fingerprint density at radius 1 is 1.19 bits per heavy atom. The average Bonchev–Trinajstić information content (AvgIpc) is 3.25. The molecule has 5 rings (SSSR count). The monoisotopic (exact) mass is 441 g/mol. The van der Waals surface area contributed by atoms with Crippen LogP contribution in [0.25, 0.3) is 16.6 Å². The van der Waals surface area contributed by atoms with Crippen molar-refractivity contribution in [3.05, 3.63) is 65.4 Å². The summed E-state index contributed by atoms with van der Waals surface area (Å²) in [5.41, 5.74) is 5.66. The van der Waals surface area contributed by atoms with Crippen molar-refractivity contribution in [2.24, 2.45) is 0 Å². The second-order valence-corrected chi connectivity index (χ2v) is 8.18. The molecule has 0 radical (unpaired) electrons. The van der Waals surface area contributed by atoms with E-state index in [1.54, 1.807) is 18.2 Å². The van der Waals surface area contributed by atoms with Gasteiger partial charge < -0.3 is 5.32 Å². The molecule has 158 valence electrons. The van der Waals surface area contributed by atoms with Crippen molar-refractivity contribution in [1.82, 2.24) is 20.2 Å². The van der Waals surface area contributed by atoms with E-state index in [4.69, 9.17) is 6.42 Å². The average molecular weight is 442 g/mol. The molecule has 1 N–H and O–H groups in total. The van der Waals surface area contributed by atoms with Gasteiger partial charge in [0.05, 0.1) is 5.69 Å². The number of nitrogens with one attached hydrogen (secondary N) is 1. The van der Waals surface area contributed by atoms with Crippen LogP contribution in [-0.4, -0.2) is 26.1 Å². The molecule has 1 aliphatic carbocycles. The van der Waals surface area contributed by atoms with E-state index in [0.29, 0.717) is 23.0 Å². The van der Waals surface area contributed by atoms with Crippen molar-refractivity contribution in [3.63, 3.8) is 0 Å². The zero-order chi connectivity index (χ0) is 22.1. The number of rotatable bonds is 4. The van der Waals surface area contributed by atoms with E-state index in [1.165, 1.54) is 28.8 Å². The second kappa shape index (κ2) is 8.44. The number of thiol groups is 1. The number of fused-ring (bicyclic) bond motifs is 2. The van der Waals surface area contributed by atoms with E-state index < -0.39 is 0 Å². The normalized spacial score (nSPS) is 12.9. The van der Waals surface area contributed by atoms with Crippen LogP contribution in [0.1, 0.15) is 34.5 Å². The molecular formula is C24H21N6OS+. The molecule has 0 unspecified atom stereocenters. The van der Waals surface area contributed by atoms with Crippen molar-refractivity contribution in [2.75, 3.05) is 5.32 Å². The SMILES string of the molecule is C#CC[n+]1c2c(cc3cc(NC(=O)c4cccc(-n5nnnc5S)c4)ccc31)CCCC2. The van der Waals surface area contributed by atoms with Gasteiger partial charge in [0.2, 0.25) is 17.2 Å². The van der Waals surface area contributed by atoms with E-state index in [1.807, 2.05) is 24.3 Å². The number of hydrogen-bond acceptors (Lipinski definition) is 5. The zero-order valence-corrected chi connectivity index (χ0v) is 18.2. The van der Waals surface area contributed by atoms with Crippen molar-refractivity contribution < 1.29 is 9.36 Å². The van der Waals surface area contributed by atoms with Gasteiger partial charge in [0.1, 0.15) is 0 Å². The molecule has 2 aromatic carbocycles. The van der Waals surface area contributed by atoms with Crippen LogP contribution in [0.5, 0.6) is 0 Å². The maximum atomic E-state index is 12.9. The van der Waals surface area contributed by atoms with E-state index >= 15 is 0 Å². The molecule has 0 saturated heterocycles. The van der Waals surface area contributed by atoms with E-state index in [9.17, 15) is 4.79 Å². The summed E-state index contributed by atoms with van der Waals surface area (Å²) < 4.78 is 3.70. The van der Waals surface area contributed by atoms with Gasteiger partial charge in [0, 0.05) is 34.7 Å². The van der Waals surface area contributed by atoms with E-state index in [-0.39, 0.29) is 5.91 Å². The number of carbonyl (C=O) groups is 1. The first kappa shape index (κ1) is 20.2. The maximum absolute atomic E-state index is 12.9. The van der Waals surface area contributed by atoms with Gasteiger partial charge in [0.25, 0.3) is 5.91 Å². The summed E-state index contributed by atoms with van der Waals surface area (Å²) in [7, 11) is 0. The van der Waals surface area contributed by atoms with Crippen LogP contribution >= 0.6 is 12.6 Å². The highest BCUT2D eigenvalue weighted by atomic mass is 32.1. The van der Waals surface area contributed by atoms with E-state index in [0.717, 1.165) is 29.4 Å². The lowest BCUT2D eigenvalue weighted by Crippen LogP contribution is -2.41. The Morgan fingerprint density at radius 2 is 2.06 bits per heavy atom. The number of aromatic nitrogens is 5. The Hall–Kier alpha value is -3.70. The molecule has 1 aliphatic rings. The molecule has 2 aromatic heterocycles. The van der Waals surface area contributed by atoms with Gasteiger partial charge in [-0.05, 0) is 72.0 Å². The van der Waals surface area contributed by atoms with Gasteiger partial charge in [-0.3, -0.25) is 4.79 Å². The molecule has 2 heterocycles. The number of carbonyl (C=O) groups excluding carboxylic acids is 1. The van der Waals surface area contributed by atoms with Crippen molar-refractivity contribution in [3.8, 4) is 18.0 Å². The van der Waals surface area contributed by atoms with Crippen LogP contribution in [0.4, 0.5) is 5.69 Å². The third kappa shape index (κ3) is 3.72. The fourth-order valence-electron chi connectivity index (χ4n) is 4.31. The summed E-state index contributed by atoms with van der Waals surface area (Å²) in [5.74, 6) is 2.57. The van der Waals surface area contributed by atoms with Crippen molar-refractivity contribution in [2.45, 2.75) is 37.4 Å². The molecule has 7 nitrogen and oxygen atoms in total. The highest BCUT2D eigenvalue weighted by molar-refractivity contribution is 7.80. The molecule has 0 aliphatic heterocycles. The summed E-state index contributed by atoms with van der Waals surface area (Å²) in [4.78, 5) is 12.9. The standard InChI is InChI=1S/C24H20N6OS/c1-2-12-29-21-9-4-3-6-16(21)13-18-14-19(10-11-22(18)29)25-23(31)17-7-5-8-20(15-17)30-24(32)26-27-28-30/h1,5,7-8,10-11,13-15H,3-4,6,9,12H2,(H-,25,26,28,31,32)/p+1. The molecular weight excluding hydrogens is 420 g/mol. The van der Waals surface area contributed by atoms with Gasteiger partial charge in [-0.2, -0.15) is 9.25 Å². The lowest BCUT2D eigenvalue weighted by Gasteiger charge is -2.16. The second-order valence-electron chi connectivity index (χ2n) is 7.78. The van der Waals surface area contributed by atoms with Gasteiger partial charge in [-0.25, -0.2) is 0 Å². The molecule has 4 aromatic rings. The molecule has 32 heavy (non-hydrogen) atoms. The quantitative estimate of drug-likeness (QED) is 0.290. The minimum absolute atomic E-state index is 0.213. The number of aryl methyl sites for hydroxylation is 1. The van der Waals surface area contributed by atoms with Crippen LogP contribution in [-0.2, 0) is 19.4 Å². The Labute approximate surface area is 190 Å². The van der Waals surface area contributed by atoms with Crippen molar-refractivity contribution >= 4 is 35.1 Å². The number of anilines is 1. The highest BCUT2D eigenvalue weighted by Crippen LogP contribution is 2.25. The number of nitrogens with zero attached hydrogens (tertiary/aromatic N) is 5. The highest BCUT2D eigenvalue weighted by Gasteiger charge is 2.23. The minimum atomic E-state index is -0.213. The Kier molecular flexibility index (Phi) is 5.33. The summed E-state index contributed by atoms with van der Waals surface area (Å²) in [5, 5.41) is 15.7. The molecule has 8 heteroatoms. The number of tetrazole rings is 1. The Balaban J connectivity index is 1.46. The predicted octanol–water partition coefficient (Wildman–Crippen LogP) is 3.16. The smallest absolute Gasteiger partial charge is 0.255 e. The number of amides is 1. The maximum Gasteiger partial charge on any atom is 0.255 e. The lowest BCUT2D eigenvalue weighted by molar-refractivity contribution is -0.667. The number of pyridine rings is 1. The number of benzene rings is 2. The topological polar surface area (TPSA) is 76.6 Å². The van der Waals surface area contributed by atoms with Gasteiger partial charge in [0.15, 0.2) is 5.69 Å². The third-order valence-corrected chi connectivity index (χ3v) is 6.05. The van der Waals surface area contributed by atoms with Crippen LogP contribution in [0.2, 0.25) is 0 Å².